The van der Waals surface area contributed by atoms with Gasteiger partial charge in [-0.15, -0.1) is 23.1 Å². The van der Waals surface area contributed by atoms with Crippen LogP contribution in [-0.4, -0.2) is 11.5 Å². The number of aryl methyl sites for hydroxylation is 1. The molecule has 0 amide bonds. The van der Waals surface area contributed by atoms with E-state index in [2.05, 4.69) is 26.0 Å². The van der Waals surface area contributed by atoms with Crippen LogP contribution >= 0.6 is 23.1 Å². The van der Waals surface area contributed by atoms with Crippen LogP contribution in [0.4, 0.5) is 5.69 Å². The highest BCUT2D eigenvalue weighted by Gasteiger charge is 2.41. The lowest BCUT2D eigenvalue weighted by molar-refractivity contribution is -0.116. The van der Waals surface area contributed by atoms with Crippen LogP contribution < -0.4 is 10.6 Å². The first kappa shape index (κ1) is 20.8. The van der Waals surface area contributed by atoms with Crippen molar-refractivity contribution < 1.29 is 4.79 Å². The summed E-state index contributed by atoms with van der Waals surface area (Å²) in [5.74, 6) is 1.15. The van der Waals surface area contributed by atoms with Crippen molar-refractivity contribution >= 4 is 34.6 Å². The molecule has 0 radical (unpaired) electrons. The van der Waals surface area contributed by atoms with Crippen LogP contribution in [0.3, 0.4) is 0 Å². The predicted octanol–water partition coefficient (Wildman–Crippen LogP) is 5.73. The maximum Gasteiger partial charge on any atom is 0.161 e. The molecule has 2 aliphatic rings. The number of rotatable bonds is 5. The minimum Gasteiger partial charge on any atom is -0.384 e. The van der Waals surface area contributed by atoms with E-state index in [1.54, 1.807) is 23.1 Å². The summed E-state index contributed by atoms with van der Waals surface area (Å²) in [6.07, 6.45) is 3.06. The van der Waals surface area contributed by atoms with Gasteiger partial charge in [-0.25, -0.2) is 0 Å². The Balaban J connectivity index is 1.97. The van der Waals surface area contributed by atoms with Crippen molar-refractivity contribution in [2.24, 2.45) is 5.73 Å². The Morgan fingerprint density at radius 3 is 2.70 bits per heavy atom. The van der Waals surface area contributed by atoms with Gasteiger partial charge < -0.3 is 5.73 Å². The van der Waals surface area contributed by atoms with Gasteiger partial charge in [-0.2, -0.15) is 5.26 Å². The monoisotopic (exact) mass is 435 g/mol. The Morgan fingerprint density at radius 1 is 1.27 bits per heavy atom. The third-order valence-corrected chi connectivity index (χ3v) is 8.12. The molecular formula is C24H25N3OS2. The highest BCUT2D eigenvalue weighted by molar-refractivity contribution is 8.01. The van der Waals surface area contributed by atoms with Crippen molar-refractivity contribution in [1.82, 2.24) is 0 Å². The van der Waals surface area contributed by atoms with Gasteiger partial charge in [0.2, 0.25) is 0 Å². The first-order valence-corrected chi connectivity index (χ1v) is 12.2. The Bertz CT molecular complexity index is 1080. The predicted molar refractivity (Wildman–Crippen MR) is 124 cm³/mol. The van der Waals surface area contributed by atoms with Gasteiger partial charge in [0, 0.05) is 28.3 Å². The number of nitrogens with zero attached hydrogens (tertiary/aromatic N) is 2. The largest absolute Gasteiger partial charge is 0.384 e. The molecule has 0 unspecified atom stereocenters. The van der Waals surface area contributed by atoms with Gasteiger partial charge in [0.25, 0.3) is 0 Å². The average Bonchev–Trinajstić information content (AvgIpc) is 3.16. The zero-order valence-electron chi connectivity index (χ0n) is 17.3. The lowest BCUT2D eigenvalue weighted by Crippen LogP contribution is -2.38. The second-order valence-corrected chi connectivity index (χ2v) is 10.1. The highest BCUT2D eigenvalue weighted by Crippen LogP contribution is 2.49. The summed E-state index contributed by atoms with van der Waals surface area (Å²) in [5, 5.41) is 10.2. The molecule has 1 aromatic carbocycles. The van der Waals surface area contributed by atoms with Crippen LogP contribution in [0, 0.1) is 11.3 Å². The molecule has 1 aromatic heterocycles. The summed E-state index contributed by atoms with van der Waals surface area (Å²) in [5.41, 5.74) is 10.8. The van der Waals surface area contributed by atoms with Gasteiger partial charge in [-0.3, -0.25) is 9.69 Å². The number of thiophene rings is 1. The van der Waals surface area contributed by atoms with E-state index >= 15 is 0 Å². The number of para-hydroxylation sites is 1. The van der Waals surface area contributed by atoms with Crippen LogP contribution in [0.15, 0.2) is 63.3 Å². The molecule has 0 saturated carbocycles. The number of anilines is 1. The number of carbonyl (C=O) groups is 1. The number of carbonyl (C=O) groups excluding carboxylic acids is 1. The quantitative estimate of drug-likeness (QED) is 0.608. The highest BCUT2D eigenvalue weighted by atomic mass is 32.2. The second-order valence-electron chi connectivity index (χ2n) is 7.39. The molecule has 154 valence electrons. The standard InChI is InChI=1S/C24H25N3OS2/c1-3-16-13-17(24(30-16)29-4-2)21-18(14-25)23(26)27(15-9-6-5-7-10-15)19-11-8-12-20(28)22(19)21/h5-7,9-10,13,21H,3-4,8,11-12,26H2,1-2H3/t21-/m1/s1. The van der Waals surface area contributed by atoms with Gasteiger partial charge in [-0.1, -0.05) is 32.0 Å². The summed E-state index contributed by atoms with van der Waals surface area (Å²) in [4.78, 5) is 16.4. The Labute approximate surface area is 186 Å². The molecule has 0 fully saturated rings. The fourth-order valence-electron chi connectivity index (χ4n) is 4.33. The number of nitrogens with two attached hydrogens (primary N) is 1. The zero-order valence-corrected chi connectivity index (χ0v) is 18.9. The number of nitriles is 1. The van der Waals surface area contributed by atoms with E-state index in [4.69, 9.17) is 5.73 Å². The lowest BCUT2D eigenvalue weighted by atomic mass is 9.76. The first-order chi connectivity index (χ1) is 14.6. The molecule has 6 heteroatoms. The van der Waals surface area contributed by atoms with E-state index in [-0.39, 0.29) is 11.7 Å². The fourth-order valence-corrected chi connectivity index (χ4v) is 6.71. The summed E-state index contributed by atoms with van der Waals surface area (Å²) in [7, 11) is 0. The van der Waals surface area contributed by atoms with Gasteiger partial charge >= 0.3 is 0 Å². The number of hydrogen-bond donors (Lipinski definition) is 1. The Morgan fingerprint density at radius 2 is 2.03 bits per heavy atom. The third kappa shape index (κ3) is 3.46. The van der Waals surface area contributed by atoms with Gasteiger partial charge in [0.05, 0.1) is 21.8 Å². The molecule has 2 aromatic rings. The number of benzene rings is 1. The van der Waals surface area contributed by atoms with Crippen LogP contribution in [0.5, 0.6) is 0 Å². The van der Waals surface area contributed by atoms with Crippen molar-refractivity contribution in [2.45, 2.75) is 49.7 Å². The van der Waals surface area contributed by atoms with Crippen LogP contribution in [0.1, 0.15) is 49.5 Å². The van der Waals surface area contributed by atoms with Gasteiger partial charge in [0.15, 0.2) is 5.78 Å². The number of allylic oxidation sites excluding steroid dienone is 3. The van der Waals surface area contributed by atoms with Crippen molar-refractivity contribution in [3.05, 3.63) is 69.5 Å². The minimum absolute atomic E-state index is 0.138. The molecule has 1 aliphatic carbocycles. The molecule has 0 spiro atoms. The summed E-state index contributed by atoms with van der Waals surface area (Å²) < 4.78 is 1.19. The minimum atomic E-state index is -0.372. The zero-order chi connectivity index (χ0) is 21.3. The molecule has 2 heterocycles. The van der Waals surface area contributed by atoms with Crippen molar-refractivity contribution in [3.8, 4) is 6.07 Å². The molecule has 4 rings (SSSR count). The van der Waals surface area contributed by atoms with Crippen molar-refractivity contribution in [1.29, 1.82) is 5.26 Å². The average molecular weight is 436 g/mol. The molecule has 1 atom stereocenters. The van der Waals surface area contributed by atoms with E-state index in [1.165, 1.54) is 9.09 Å². The number of hydrogen-bond acceptors (Lipinski definition) is 6. The van der Waals surface area contributed by atoms with Crippen LogP contribution in [0.25, 0.3) is 0 Å². The Kier molecular flexibility index (Phi) is 6.03. The summed E-state index contributed by atoms with van der Waals surface area (Å²) in [6, 6.07) is 14.4. The topological polar surface area (TPSA) is 70.1 Å². The first-order valence-electron chi connectivity index (χ1n) is 10.4. The molecule has 0 bridgehead atoms. The molecule has 1 aliphatic heterocycles. The van der Waals surface area contributed by atoms with E-state index in [0.717, 1.165) is 47.5 Å². The van der Waals surface area contributed by atoms with Gasteiger partial charge in [0.1, 0.15) is 5.82 Å². The lowest BCUT2D eigenvalue weighted by Gasteiger charge is -2.39. The van der Waals surface area contributed by atoms with Gasteiger partial charge in [-0.05, 0) is 48.8 Å². The maximum absolute atomic E-state index is 13.2. The number of thioether (sulfide) groups is 1. The summed E-state index contributed by atoms with van der Waals surface area (Å²) in [6.45, 7) is 4.27. The third-order valence-electron chi connectivity index (χ3n) is 5.64. The van der Waals surface area contributed by atoms with Crippen molar-refractivity contribution in [2.75, 3.05) is 10.7 Å². The molecule has 0 saturated heterocycles. The van der Waals surface area contributed by atoms with E-state index in [0.29, 0.717) is 17.8 Å². The Hall–Kier alpha value is -2.49. The number of Topliss-reactive ketones (excluding diaryl/α,β-unsaturated/α-hetero) is 1. The molecule has 2 N–H and O–H groups in total. The van der Waals surface area contributed by atoms with Crippen LogP contribution in [-0.2, 0) is 11.2 Å². The fraction of sp³-hybridized carbons (Fsp3) is 0.333. The molecule has 4 nitrogen and oxygen atoms in total. The van der Waals surface area contributed by atoms with Crippen LogP contribution in [0.2, 0.25) is 0 Å². The SMILES string of the molecule is CCSc1sc(CC)cc1[C@@H]1C(C#N)=C(N)N(c2ccccc2)C2=C1C(=O)CCC2. The summed E-state index contributed by atoms with van der Waals surface area (Å²) >= 11 is 3.55. The number of ketones is 1. The van der Waals surface area contributed by atoms with E-state index in [9.17, 15) is 10.1 Å². The van der Waals surface area contributed by atoms with E-state index < -0.39 is 0 Å². The molecule has 30 heavy (non-hydrogen) atoms. The smallest absolute Gasteiger partial charge is 0.161 e. The van der Waals surface area contributed by atoms with Crippen molar-refractivity contribution in [3.63, 3.8) is 0 Å². The maximum atomic E-state index is 13.2. The second kappa shape index (κ2) is 8.71. The molecular weight excluding hydrogens is 410 g/mol. The normalized spacial score (nSPS) is 19.2. The van der Waals surface area contributed by atoms with E-state index in [1.807, 2.05) is 35.2 Å².